The second-order valence-electron chi connectivity index (χ2n) is 12.4. The molecule has 0 bridgehead atoms. The minimum absolute atomic E-state index is 0.0220. The van der Waals surface area contributed by atoms with E-state index in [0.29, 0.717) is 29.9 Å². The second-order valence-corrected chi connectivity index (χ2v) is 12.4. The van der Waals surface area contributed by atoms with Crippen LogP contribution in [0.3, 0.4) is 0 Å². The zero-order valence-corrected chi connectivity index (χ0v) is 24.9. The molecule has 6 rings (SSSR count). The number of hydrogen-bond acceptors (Lipinski definition) is 5. The van der Waals surface area contributed by atoms with Crippen LogP contribution in [0.1, 0.15) is 78.4 Å². The van der Waals surface area contributed by atoms with E-state index in [1.54, 1.807) is 7.11 Å². The highest BCUT2D eigenvalue weighted by Crippen LogP contribution is 2.45. The van der Waals surface area contributed by atoms with Crippen molar-refractivity contribution in [2.75, 3.05) is 31.7 Å². The summed E-state index contributed by atoms with van der Waals surface area (Å²) in [6.45, 7) is 2.28. The lowest BCUT2D eigenvalue weighted by Crippen LogP contribution is -2.37. The summed E-state index contributed by atoms with van der Waals surface area (Å²) in [5.41, 5.74) is 3.82. The molecule has 0 radical (unpaired) electrons. The zero-order valence-electron chi connectivity index (χ0n) is 24.9. The average molecular weight is 583 g/mol. The molecule has 2 unspecified atom stereocenters. The molecule has 3 aromatic rings. The molecule has 2 atom stereocenters. The van der Waals surface area contributed by atoms with E-state index in [2.05, 4.69) is 22.3 Å². The van der Waals surface area contributed by atoms with Gasteiger partial charge in [-0.3, -0.25) is 9.59 Å². The van der Waals surface area contributed by atoms with Crippen LogP contribution in [-0.2, 0) is 4.79 Å². The van der Waals surface area contributed by atoms with Gasteiger partial charge in [-0.25, -0.2) is 0 Å². The Hall–Kier alpha value is -4.00. The summed E-state index contributed by atoms with van der Waals surface area (Å²) in [4.78, 5) is 27.4. The number of carboxylic acid groups (broad SMARTS) is 1. The van der Waals surface area contributed by atoms with Crippen LogP contribution < -0.4 is 19.7 Å². The molecule has 7 heteroatoms. The van der Waals surface area contributed by atoms with Crippen molar-refractivity contribution in [3.8, 4) is 11.5 Å². The predicted octanol–water partition coefficient (Wildman–Crippen LogP) is 6.84. The molecule has 2 saturated carbocycles. The number of benzene rings is 3. The van der Waals surface area contributed by atoms with Crippen LogP contribution in [0.2, 0.25) is 0 Å². The van der Waals surface area contributed by atoms with Crippen LogP contribution in [0, 0.1) is 17.8 Å². The first kappa shape index (κ1) is 29.1. The average Bonchev–Trinajstić information content (AvgIpc) is 3.97. The monoisotopic (exact) mass is 582 g/mol. The number of carboxylic acids is 1. The highest BCUT2D eigenvalue weighted by molar-refractivity contribution is 6.00. The molecule has 3 aliphatic rings. The lowest BCUT2D eigenvalue weighted by Gasteiger charge is -2.35. The van der Waals surface area contributed by atoms with Gasteiger partial charge in [0, 0.05) is 19.2 Å². The Bertz CT molecular complexity index is 1410. The molecule has 3 aromatic carbocycles. The van der Waals surface area contributed by atoms with Gasteiger partial charge in [-0.15, -0.1) is 0 Å². The van der Waals surface area contributed by atoms with Crippen LogP contribution in [0.4, 0.5) is 5.69 Å². The predicted molar refractivity (Wildman–Crippen MR) is 167 cm³/mol. The van der Waals surface area contributed by atoms with Crippen LogP contribution in [0.5, 0.6) is 11.5 Å². The zero-order chi connectivity index (χ0) is 29.8. The van der Waals surface area contributed by atoms with Gasteiger partial charge in [0.25, 0.3) is 5.91 Å². The van der Waals surface area contributed by atoms with Gasteiger partial charge in [0.1, 0.15) is 11.5 Å². The molecule has 7 nitrogen and oxygen atoms in total. The standard InChI is InChI=1S/C36H42N2O5/c1-42-29-14-15-31(36(41)37-35(27-12-13-27)26-6-3-2-4-7-26)33(21-29)38-18-16-24(17-19-38)23-43-30-9-5-8-28(20-30)32(22-34(39)40)25-10-11-25/h2-9,14-15,20-21,24-25,27,32,35H,10-13,16-19,22-23H2,1H3,(H,37,41)(H,39,40). The summed E-state index contributed by atoms with van der Waals surface area (Å²) in [7, 11) is 1.66. The molecule has 226 valence electrons. The molecule has 1 amide bonds. The Morgan fingerprint density at radius 1 is 0.860 bits per heavy atom. The summed E-state index contributed by atoms with van der Waals surface area (Å²) < 4.78 is 11.8. The molecule has 2 aliphatic carbocycles. The van der Waals surface area contributed by atoms with Gasteiger partial charge in [0.15, 0.2) is 0 Å². The van der Waals surface area contributed by atoms with Crippen molar-refractivity contribution in [1.29, 1.82) is 0 Å². The number of amides is 1. The van der Waals surface area contributed by atoms with E-state index >= 15 is 0 Å². The van der Waals surface area contributed by atoms with Crippen molar-refractivity contribution in [3.63, 3.8) is 0 Å². The maximum Gasteiger partial charge on any atom is 0.303 e. The number of anilines is 1. The Morgan fingerprint density at radius 2 is 1.58 bits per heavy atom. The Balaban J connectivity index is 1.08. The van der Waals surface area contributed by atoms with Crippen molar-refractivity contribution in [3.05, 3.63) is 89.5 Å². The van der Waals surface area contributed by atoms with Crippen LogP contribution in [0.25, 0.3) is 0 Å². The molecule has 2 N–H and O–H groups in total. The van der Waals surface area contributed by atoms with Gasteiger partial charge in [0.05, 0.1) is 37.4 Å². The number of rotatable bonds is 13. The van der Waals surface area contributed by atoms with Gasteiger partial charge >= 0.3 is 5.97 Å². The number of piperidine rings is 1. The van der Waals surface area contributed by atoms with E-state index in [9.17, 15) is 14.7 Å². The number of methoxy groups -OCH3 is 1. The van der Waals surface area contributed by atoms with Gasteiger partial charge < -0.3 is 24.8 Å². The number of nitrogens with zero attached hydrogens (tertiary/aromatic N) is 1. The first-order chi connectivity index (χ1) is 21.0. The fourth-order valence-electron chi connectivity index (χ4n) is 6.51. The number of carbonyl (C=O) groups excluding carboxylic acids is 1. The van der Waals surface area contributed by atoms with Crippen molar-refractivity contribution in [2.45, 2.75) is 56.9 Å². The first-order valence-corrected chi connectivity index (χ1v) is 15.7. The molecule has 3 fully saturated rings. The summed E-state index contributed by atoms with van der Waals surface area (Å²) in [6, 6.07) is 24.0. The number of nitrogens with one attached hydrogen (secondary N) is 1. The van der Waals surface area contributed by atoms with Crippen molar-refractivity contribution in [1.82, 2.24) is 5.32 Å². The number of carbonyl (C=O) groups is 2. The SMILES string of the molecule is COc1ccc(C(=O)NC(c2ccccc2)C2CC2)c(N2CCC(COc3cccc(C(CC(=O)O)C4CC4)c3)CC2)c1. The topological polar surface area (TPSA) is 88.1 Å². The fourth-order valence-corrected chi connectivity index (χ4v) is 6.51. The molecule has 1 aliphatic heterocycles. The smallest absolute Gasteiger partial charge is 0.303 e. The van der Waals surface area contributed by atoms with Crippen molar-refractivity contribution < 1.29 is 24.2 Å². The van der Waals surface area contributed by atoms with Crippen LogP contribution in [0.15, 0.2) is 72.8 Å². The second kappa shape index (κ2) is 13.1. The normalized spacial score (nSPS) is 18.5. The lowest BCUT2D eigenvalue weighted by molar-refractivity contribution is -0.137. The van der Waals surface area contributed by atoms with Gasteiger partial charge in [-0.2, -0.15) is 0 Å². The van der Waals surface area contributed by atoms with Crippen LogP contribution >= 0.6 is 0 Å². The van der Waals surface area contributed by atoms with Crippen molar-refractivity contribution >= 4 is 17.6 Å². The maximum atomic E-state index is 13.7. The summed E-state index contributed by atoms with van der Waals surface area (Å²) in [5, 5.41) is 12.7. The largest absolute Gasteiger partial charge is 0.497 e. The van der Waals surface area contributed by atoms with E-state index < -0.39 is 5.97 Å². The first-order valence-electron chi connectivity index (χ1n) is 15.7. The summed E-state index contributed by atoms with van der Waals surface area (Å²) in [5.74, 6) is 2.18. The quantitative estimate of drug-likeness (QED) is 0.229. The highest BCUT2D eigenvalue weighted by atomic mass is 16.5. The Kier molecular flexibility index (Phi) is 8.87. The minimum Gasteiger partial charge on any atom is -0.497 e. The summed E-state index contributed by atoms with van der Waals surface area (Å²) >= 11 is 0. The molecule has 1 heterocycles. The molecular formula is C36H42N2O5. The van der Waals surface area contributed by atoms with E-state index in [1.165, 1.54) is 0 Å². The number of ether oxygens (including phenoxy) is 2. The molecule has 1 saturated heterocycles. The third-order valence-electron chi connectivity index (χ3n) is 9.30. The molecule has 43 heavy (non-hydrogen) atoms. The number of hydrogen-bond donors (Lipinski definition) is 2. The fraction of sp³-hybridized carbons (Fsp3) is 0.444. The Labute approximate surface area is 254 Å². The number of aliphatic carboxylic acids is 1. The lowest BCUT2D eigenvalue weighted by atomic mass is 9.91. The van der Waals surface area contributed by atoms with Crippen LogP contribution in [-0.4, -0.2) is 43.8 Å². The third kappa shape index (κ3) is 7.32. The van der Waals surface area contributed by atoms with E-state index in [4.69, 9.17) is 9.47 Å². The van der Waals surface area contributed by atoms with Gasteiger partial charge in [0.2, 0.25) is 0 Å². The molecular weight excluding hydrogens is 540 g/mol. The van der Waals surface area contributed by atoms with E-state index in [-0.39, 0.29) is 24.3 Å². The van der Waals surface area contributed by atoms with Gasteiger partial charge in [-0.1, -0.05) is 42.5 Å². The van der Waals surface area contributed by atoms with Crippen molar-refractivity contribution in [2.24, 2.45) is 17.8 Å². The minimum atomic E-state index is -0.745. The Morgan fingerprint density at radius 3 is 2.26 bits per heavy atom. The van der Waals surface area contributed by atoms with E-state index in [1.807, 2.05) is 60.7 Å². The highest BCUT2D eigenvalue weighted by Gasteiger charge is 2.35. The van der Waals surface area contributed by atoms with E-state index in [0.717, 1.165) is 79.9 Å². The molecule has 0 aromatic heterocycles. The maximum absolute atomic E-state index is 13.7. The van der Waals surface area contributed by atoms with Gasteiger partial charge in [-0.05, 0) is 97.6 Å². The summed E-state index contributed by atoms with van der Waals surface area (Å²) in [6.07, 6.45) is 6.56. The third-order valence-corrected chi connectivity index (χ3v) is 9.30. The molecule has 0 spiro atoms.